The highest BCUT2D eigenvalue weighted by Crippen LogP contribution is 2.26. The number of ketones is 1. The quantitative estimate of drug-likeness (QED) is 0.627. The molecular weight excluding hydrogens is 348 g/mol. The second kappa shape index (κ2) is 8.17. The highest BCUT2D eigenvalue weighted by atomic mass is 16.5. The molecule has 0 unspecified atom stereocenters. The molecule has 0 atom stereocenters. The molecule has 1 saturated heterocycles. The topological polar surface area (TPSA) is 32.8 Å². The number of para-hydroxylation sites is 1. The Morgan fingerprint density at radius 2 is 1.36 bits per heavy atom. The summed E-state index contributed by atoms with van der Waals surface area (Å²) in [5, 5.41) is 0. The van der Waals surface area contributed by atoms with E-state index in [4.69, 9.17) is 4.74 Å². The molecule has 1 fully saturated rings. The molecule has 3 aromatic rings. The van der Waals surface area contributed by atoms with Crippen molar-refractivity contribution in [2.24, 2.45) is 0 Å². The fraction of sp³-hybridized carbons (Fsp3) is 0.208. The summed E-state index contributed by atoms with van der Waals surface area (Å²) in [5.74, 6) is 0.949. The Kier molecular flexibility index (Phi) is 5.29. The van der Waals surface area contributed by atoms with Gasteiger partial charge in [-0.2, -0.15) is 0 Å². The molecule has 0 saturated carbocycles. The number of benzene rings is 3. The number of carbonyl (C=O) groups is 1. The zero-order valence-electron chi connectivity index (χ0n) is 16.0. The van der Waals surface area contributed by atoms with Crippen molar-refractivity contribution in [3.8, 4) is 5.75 Å². The van der Waals surface area contributed by atoms with E-state index in [1.54, 1.807) is 7.11 Å². The van der Waals surface area contributed by atoms with Crippen LogP contribution in [0.4, 0.5) is 11.4 Å². The van der Waals surface area contributed by atoms with Crippen molar-refractivity contribution < 1.29 is 9.53 Å². The van der Waals surface area contributed by atoms with Crippen LogP contribution in [0.15, 0.2) is 78.9 Å². The summed E-state index contributed by atoms with van der Waals surface area (Å²) < 4.78 is 5.24. The van der Waals surface area contributed by atoms with Gasteiger partial charge in [0.05, 0.1) is 7.11 Å². The standard InChI is InChI=1S/C24H24N2O2/c1-28-21-13-11-20(12-14-21)25-15-17-26(18-16-25)23-10-6-5-9-22(23)24(27)19-7-3-2-4-8-19/h2-14H,15-18H2,1H3. The molecular formula is C24H24N2O2. The third kappa shape index (κ3) is 3.72. The molecule has 0 spiro atoms. The summed E-state index contributed by atoms with van der Waals surface area (Å²) >= 11 is 0. The van der Waals surface area contributed by atoms with Crippen LogP contribution in [0.25, 0.3) is 0 Å². The predicted octanol–water partition coefficient (Wildman–Crippen LogP) is 4.25. The molecule has 142 valence electrons. The molecule has 0 N–H and O–H groups in total. The minimum absolute atomic E-state index is 0.0776. The fourth-order valence-electron chi connectivity index (χ4n) is 3.69. The average Bonchev–Trinajstić information content (AvgIpc) is 2.79. The third-order valence-corrected chi connectivity index (χ3v) is 5.24. The van der Waals surface area contributed by atoms with Gasteiger partial charge in [0.15, 0.2) is 5.78 Å². The van der Waals surface area contributed by atoms with Gasteiger partial charge in [-0.1, -0.05) is 42.5 Å². The first kappa shape index (κ1) is 18.1. The van der Waals surface area contributed by atoms with E-state index in [-0.39, 0.29) is 5.78 Å². The Hall–Kier alpha value is -3.27. The van der Waals surface area contributed by atoms with Gasteiger partial charge < -0.3 is 14.5 Å². The second-order valence-corrected chi connectivity index (χ2v) is 6.88. The number of nitrogens with zero attached hydrogens (tertiary/aromatic N) is 2. The van der Waals surface area contributed by atoms with Crippen molar-refractivity contribution in [2.75, 3.05) is 43.1 Å². The fourth-order valence-corrected chi connectivity index (χ4v) is 3.69. The first-order valence-corrected chi connectivity index (χ1v) is 9.59. The Bertz CT molecular complexity index is 930. The van der Waals surface area contributed by atoms with Gasteiger partial charge in [0.1, 0.15) is 5.75 Å². The SMILES string of the molecule is COc1ccc(N2CCN(c3ccccc3C(=O)c3ccccc3)CC2)cc1. The van der Waals surface area contributed by atoms with Crippen molar-refractivity contribution >= 4 is 17.2 Å². The molecule has 1 aliphatic rings. The van der Waals surface area contributed by atoms with E-state index in [1.807, 2.05) is 60.7 Å². The van der Waals surface area contributed by atoms with Gasteiger partial charge in [-0.05, 0) is 36.4 Å². The van der Waals surface area contributed by atoms with Gasteiger partial charge in [-0.15, -0.1) is 0 Å². The average molecular weight is 372 g/mol. The number of ether oxygens (including phenoxy) is 1. The van der Waals surface area contributed by atoms with Gasteiger partial charge in [-0.3, -0.25) is 4.79 Å². The van der Waals surface area contributed by atoms with Gasteiger partial charge >= 0.3 is 0 Å². The molecule has 0 amide bonds. The van der Waals surface area contributed by atoms with E-state index in [9.17, 15) is 4.79 Å². The number of hydrogen-bond donors (Lipinski definition) is 0. The normalized spacial score (nSPS) is 14.0. The van der Waals surface area contributed by atoms with E-state index in [0.717, 1.165) is 48.7 Å². The smallest absolute Gasteiger partial charge is 0.195 e. The largest absolute Gasteiger partial charge is 0.497 e. The summed E-state index contributed by atoms with van der Waals surface area (Å²) in [7, 11) is 1.68. The van der Waals surface area contributed by atoms with Crippen LogP contribution in [-0.2, 0) is 0 Å². The maximum atomic E-state index is 13.0. The Morgan fingerprint density at radius 3 is 2.04 bits per heavy atom. The van der Waals surface area contributed by atoms with Gasteiger partial charge in [0, 0.05) is 48.7 Å². The van der Waals surface area contributed by atoms with E-state index in [0.29, 0.717) is 0 Å². The molecule has 28 heavy (non-hydrogen) atoms. The maximum absolute atomic E-state index is 13.0. The van der Waals surface area contributed by atoms with E-state index < -0.39 is 0 Å². The second-order valence-electron chi connectivity index (χ2n) is 6.88. The number of methoxy groups -OCH3 is 1. The molecule has 3 aromatic carbocycles. The highest BCUT2D eigenvalue weighted by Gasteiger charge is 2.22. The number of anilines is 2. The first-order valence-electron chi connectivity index (χ1n) is 9.59. The molecule has 4 nitrogen and oxygen atoms in total. The molecule has 4 rings (SSSR count). The van der Waals surface area contributed by atoms with Crippen LogP contribution in [0.3, 0.4) is 0 Å². The van der Waals surface area contributed by atoms with Crippen LogP contribution in [0.1, 0.15) is 15.9 Å². The minimum Gasteiger partial charge on any atom is -0.497 e. The summed E-state index contributed by atoms with van der Waals surface area (Å²) in [6.45, 7) is 3.59. The third-order valence-electron chi connectivity index (χ3n) is 5.24. The van der Waals surface area contributed by atoms with Crippen LogP contribution in [-0.4, -0.2) is 39.1 Å². The van der Waals surface area contributed by atoms with Crippen LogP contribution < -0.4 is 14.5 Å². The van der Waals surface area contributed by atoms with Gasteiger partial charge in [0.2, 0.25) is 0 Å². The van der Waals surface area contributed by atoms with Crippen molar-refractivity contribution in [1.82, 2.24) is 0 Å². The lowest BCUT2D eigenvalue weighted by Crippen LogP contribution is -2.47. The lowest BCUT2D eigenvalue weighted by atomic mass is 10.0. The maximum Gasteiger partial charge on any atom is 0.195 e. The number of piperazine rings is 1. The highest BCUT2D eigenvalue weighted by molar-refractivity contribution is 6.12. The van der Waals surface area contributed by atoms with Gasteiger partial charge in [-0.25, -0.2) is 0 Å². The van der Waals surface area contributed by atoms with E-state index >= 15 is 0 Å². The summed E-state index contributed by atoms with van der Waals surface area (Å²) in [6, 6.07) is 25.6. The lowest BCUT2D eigenvalue weighted by Gasteiger charge is -2.38. The Balaban J connectivity index is 1.50. The summed E-state index contributed by atoms with van der Waals surface area (Å²) in [5.41, 5.74) is 3.72. The zero-order valence-corrected chi connectivity index (χ0v) is 16.0. The van der Waals surface area contributed by atoms with Crippen LogP contribution in [0.5, 0.6) is 5.75 Å². The Labute approximate surface area is 166 Å². The predicted molar refractivity (Wildman–Crippen MR) is 114 cm³/mol. The van der Waals surface area contributed by atoms with Crippen molar-refractivity contribution in [2.45, 2.75) is 0 Å². The monoisotopic (exact) mass is 372 g/mol. The number of rotatable bonds is 5. The molecule has 0 aromatic heterocycles. The molecule has 0 bridgehead atoms. The molecule has 0 aliphatic carbocycles. The number of hydrogen-bond acceptors (Lipinski definition) is 4. The van der Waals surface area contributed by atoms with Crippen LogP contribution in [0.2, 0.25) is 0 Å². The summed E-state index contributed by atoms with van der Waals surface area (Å²) in [6.07, 6.45) is 0. The lowest BCUT2D eigenvalue weighted by molar-refractivity contribution is 0.103. The summed E-state index contributed by atoms with van der Waals surface area (Å²) in [4.78, 5) is 17.7. The van der Waals surface area contributed by atoms with Crippen LogP contribution >= 0.6 is 0 Å². The van der Waals surface area contributed by atoms with E-state index in [1.165, 1.54) is 5.69 Å². The van der Waals surface area contributed by atoms with E-state index in [2.05, 4.69) is 28.0 Å². The zero-order chi connectivity index (χ0) is 19.3. The van der Waals surface area contributed by atoms with Crippen LogP contribution in [0, 0.1) is 0 Å². The molecule has 1 heterocycles. The minimum atomic E-state index is 0.0776. The first-order chi connectivity index (χ1) is 13.8. The number of carbonyl (C=O) groups excluding carboxylic acids is 1. The molecule has 4 heteroatoms. The van der Waals surface area contributed by atoms with Crippen molar-refractivity contribution in [3.05, 3.63) is 90.0 Å². The molecule has 1 aliphatic heterocycles. The van der Waals surface area contributed by atoms with Crippen molar-refractivity contribution in [1.29, 1.82) is 0 Å². The van der Waals surface area contributed by atoms with Gasteiger partial charge in [0.25, 0.3) is 0 Å². The molecule has 0 radical (unpaired) electrons. The Morgan fingerprint density at radius 1 is 0.750 bits per heavy atom. The van der Waals surface area contributed by atoms with Crippen molar-refractivity contribution in [3.63, 3.8) is 0 Å².